The van der Waals surface area contributed by atoms with Crippen LogP contribution in [0.25, 0.3) is 11.3 Å². The fourth-order valence-electron chi connectivity index (χ4n) is 3.75. The summed E-state index contributed by atoms with van der Waals surface area (Å²) in [5.74, 6) is 3.09. The molecule has 27 heavy (non-hydrogen) atoms. The lowest BCUT2D eigenvalue weighted by Crippen LogP contribution is -2.23. The van der Waals surface area contributed by atoms with Gasteiger partial charge in [-0.2, -0.15) is 0 Å². The third-order valence-corrected chi connectivity index (χ3v) is 5.11. The molecule has 5 nitrogen and oxygen atoms in total. The first kappa shape index (κ1) is 17.6. The van der Waals surface area contributed by atoms with Gasteiger partial charge >= 0.3 is 0 Å². The SMILES string of the molecule is COc1ccc([C@@H]2CCCN2Cc2ncc(-c3ccccc3)o2)cc1OC. The first-order valence-electron chi connectivity index (χ1n) is 9.24. The Morgan fingerprint density at radius 2 is 1.89 bits per heavy atom. The van der Waals surface area contributed by atoms with Crippen molar-refractivity contribution in [3.63, 3.8) is 0 Å². The number of oxazole rings is 1. The molecule has 1 aromatic heterocycles. The average molecular weight is 364 g/mol. The molecule has 2 aromatic carbocycles. The lowest BCUT2D eigenvalue weighted by molar-refractivity contribution is 0.224. The van der Waals surface area contributed by atoms with E-state index in [4.69, 9.17) is 13.9 Å². The third kappa shape index (κ3) is 3.69. The number of hydrogen-bond acceptors (Lipinski definition) is 5. The normalized spacial score (nSPS) is 17.2. The van der Waals surface area contributed by atoms with Gasteiger partial charge in [-0.3, -0.25) is 4.90 Å². The van der Waals surface area contributed by atoms with E-state index in [1.54, 1.807) is 14.2 Å². The number of ether oxygens (including phenoxy) is 2. The van der Waals surface area contributed by atoms with Crippen LogP contribution < -0.4 is 9.47 Å². The molecule has 1 fully saturated rings. The summed E-state index contributed by atoms with van der Waals surface area (Å²) in [6, 6.07) is 16.6. The highest BCUT2D eigenvalue weighted by atomic mass is 16.5. The quantitative estimate of drug-likeness (QED) is 0.635. The number of hydrogen-bond donors (Lipinski definition) is 0. The van der Waals surface area contributed by atoms with Gasteiger partial charge in [0.15, 0.2) is 17.3 Å². The molecule has 4 rings (SSSR count). The number of nitrogens with zero attached hydrogens (tertiary/aromatic N) is 2. The van der Waals surface area contributed by atoms with Crippen molar-refractivity contribution >= 4 is 0 Å². The van der Waals surface area contributed by atoms with Gasteiger partial charge in [-0.05, 0) is 37.1 Å². The van der Waals surface area contributed by atoms with Crippen LogP contribution in [0.5, 0.6) is 11.5 Å². The Morgan fingerprint density at radius 3 is 2.67 bits per heavy atom. The first-order valence-corrected chi connectivity index (χ1v) is 9.24. The zero-order valence-electron chi connectivity index (χ0n) is 15.7. The van der Waals surface area contributed by atoms with Crippen molar-refractivity contribution in [1.29, 1.82) is 0 Å². The molecular weight excluding hydrogens is 340 g/mol. The average Bonchev–Trinajstić information content (AvgIpc) is 3.38. The molecule has 0 N–H and O–H groups in total. The summed E-state index contributed by atoms with van der Waals surface area (Å²) in [5, 5.41) is 0. The Kier molecular flexibility index (Phi) is 5.12. The summed E-state index contributed by atoms with van der Waals surface area (Å²) < 4.78 is 16.8. The molecule has 0 aliphatic carbocycles. The topological polar surface area (TPSA) is 47.7 Å². The van der Waals surface area contributed by atoms with E-state index in [2.05, 4.69) is 22.0 Å². The zero-order valence-corrected chi connectivity index (χ0v) is 15.7. The van der Waals surface area contributed by atoms with E-state index in [0.29, 0.717) is 12.6 Å². The molecule has 0 spiro atoms. The molecule has 1 atom stereocenters. The van der Waals surface area contributed by atoms with Crippen LogP contribution in [-0.2, 0) is 6.54 Å². The maximum Gasteiger partial charge on any atom is 0.209 e. The van der Waals surface area contributed by atoms with Gasteiger partial charge in [0.05, 0.1) is 27.0 Å². The molecule has 0 bridgehead atoms. The summed E-state index contributed by atoms with van der Waals surface area (Å²) in [6.45, 7) is 1.73. The van der Waals surface area contributed by atoms with Crippen LogP contribution in [-0.4, -0.2) is 30.6 Å². The highest BCUT2D eigenvalue weighted by Crippen LogP contribution is 2.37. The molecule has 1 aliphatic rings. The summed E-state index contributed by atoms with van der Waals surface area (Å²) in [7, 11) is 3.33. The van der Waals surface area contributed by atoms with E-state index < -0.39 is 0 Å². The molecule has 140 valence electrons. The maximum absolute atomic E-state index is 6.00. The second-order valence-electron chi connectivity index (χ2n) is 6.73. The fourth-order valence-corrected chi connectivity index (χ4v) is 3.75. The highest BCUT2D eigenvalue weighted by Gasteiger charge is 2.28. The van der Waals surface area contributed by atoms with Crippen LogP contribution >= 0.6 is 0 Å². The van der Waals surface area contributed by atoms with Gasteiger partial charge in [-0.1, -0.05) is 36.4 Å². The van der Waals surface area contributed by atoms with Crippen molar-refractivity contribution in [3.8, 4) is 22.8 Å². The molecule has 0 unspecified atom stereocenters. The predicted octanol–water partition coefficient (Wildman–Crippen LogP) is 4.70. The fraction of sp³-hybridized carbons (Fsp3) is 0.318. The van der Waals surface area contributed by atoms with E-state index >= 15 is 0 Å². The minimum atomic E-state index is 0.330. The van der Waals surface area contributed by atoms with Crippen LogP contribution in [0.1, 0.15) is 30.3 Å². The van der Waals surface area contributed by atoms with E-state index in [-0.39, 0.29) is 0 Å². The van der Waals surface area contributed by atoms with Gasteiger partial charge in [0.1, 0.15) is 0 Å². The molecule has 0 radical (unpaired) electrons. The Labute approximate surface area is 159 Å². The summed E-state index contributed by atoms with van der Waals surface area (Å²) in [5.41, 5.74) is 2.29. The van der Waals surface area contributed by atoms with Crippen LogP contribution in [0.4, 0.5) is 0 Å². The van der Waals surface area contributed by atoms with Gasteiger partial charge < -0.3 is 13.9 Å². The monoisotopic (exact) mass is 364 g/mol. The lowest BCUT2D eigenvalue weighted by Gasteiger charge is -2.24. The van der Waals surface area contributed by atoms with Crippen LogP contribution in [0, 0.1) is 0 Å². The number of likely N-dealkylation sites (tertiary alicyclic amines) is 1. The van der Waals surface area contributed by atoms with Gasteiger partial charge in [0.25, 0.3) is 0 Å². The van der Waals surface area contributed by atoms with Crippen LogP contribution in [0.3, 0.4) is 0 Å². The molecule has 1 aliphatic heterocycles. The predicted molar refractivity (Wildman–Crippen MR) is 104 cm³/mol. The van der Waals surface area contributed by atoms with Crippen molar-refractivity contribution in [2.24, 2.45) is 0 Å². The standard InChI is InChI=1S/C22H24N2O3/c1-25-19-11-10-17(13-20(19)26-2)18-9-6-12-24(18)15-22-23-14-21(27-22)16-7-4-3-5-8-16/h3-5,7-8,10-11,13-14,18H,6,9,12,15H2,1-2H3/t18-/m0/s1. The summed E-state index contributed by atoms with van der Waals surface area (Å²) in [4.78, 5) is 6.91. The van der Waals surface area contributed by atoms with Gasteiger partial charge in [0.2, 0.25) is 5.89 Å². The first-order chi connectivity index (χ1) is 13.3. The van der Waals surface area contributed by atoms with Crippen molar-refractivity contribution in [2.45, 2.75) is 25.4 Å². The Morgan fingerprint density at radius 1 is 1.07 bits per heavy atom. The number of benzene rings is 2. The summed E-state index contributed by atoms with van der Waals surface area (Å²) in [6.07, 6.45) is 4.08. The molecule has 0 amide bonds. The van der Waals surface area contributed by atoms with Crippen molar-refractivity contribution in [3.05, 3.63) is 66.2 Å². The van der Waals surface area contributed by atoms with Crippen LogP contribution in [0.2, 0.25) is 0 Å². The number of methoxy groups -OCH3 is 2. The van der Waals surface area contributed by atoms with Gasteiger partial charge in [0, 0.05) is 11.6 Å². The molecule has 0 saturated carbocycles. The minimum Gasteiger partial charge on any atom is -0.493 e. The second kappa shape index (κ2) is 7.84. The molecule has 2 heterocycles. The van der Waals surface area contributed by atoms with Crippen molar-refractivity contribution in [1.82, 2.24) is 9.88 Å². The van der Waals surface area contributed by atoms with Gasteiger partial charge in [-0.25, -0.2) is 4.98 Å². The van der Waals surface area contributed by atoms with E-state index in [0.717, 1.165) is 48.1 Å². The number of rotatable bonds is 6. The highest BCUT2D eigenvalue weighted by molar-refractivity contribution is 5.55. The minimum absolute atomic E-state index is 0.330. The zero-order chi connectivity index (χ0) is 18.6. The van der Waals surface area contributed by atoms with E-state index in [1.807, 2.05) is 42.6 Å². The smallest absolute Gasteiger partial charge is 0.209 e. The van der Waals surface area contributed by atoms with E-state index in [1.165, 1.54) is 5.56 Å². The van der Waals surface area contributed by atoms with Gasteiger partial charge in [-0.15, -0.1) is 0 Å². The Balaban J connectivity index is 1.52. The molecule has 1 saturated heterocycles. The largest absolute Gasteiger partial charge is 0.493 e. The third-order valence-electron chi connectivity index (χ3n) is 5.11. The van der Waals surface area contributed by atoms with E-state index in [9.17, 15) is 0 Å². The lowest BCUT2D eigenvalue weighted by atomic mass is 10.0. The maximum atomic E-state index is 6.00. The van der Waals surface area contributed by atoms with Crippen LogP contribution in [0.15, 0.2) is 59.1 Å². The summed E-state index contributed by atoms with van der Waals surface area (Å²) >= 11 is 0. The number of aromatic nitrogens is 1. The molecule has 5 heteroatoms. The Bertz CT molecular complexity index is 892. The molecular formula is C22H24N2O3. The molecule has 3 aromatic rings. The Hall–Kier alpha value is -2.79. The van der Waals surface area contributed by atoms with Crippen molar-refractivity contribution in [2.75, 3.05) is 20.8 Å². The second-order valence-corrected chi connectivity index (χ2v) is 6.73. The van der Waals surface area contributed by atoms with Crippen molar-refractivity contribution < 1.29 is 13.9 Å².